The molecule has 0 heterocycles. The molecule has 0 atom stereocenters. The fraction of sp³-hybridized carbons (Fsp3) is 0.100. The van der Waals surface area contributed by atoms with Crippen molar-refractivity contribution in [3.8, 4) is 56.0 Å². The molecular weight excluding hydrogens is 569 g/mol. The normalized spacial score (nSPS) is 11.4. The van der Waals surface area contributed by atoms with Gasteiger partial charge in [-0.3, -0.25) is 0 Å². The van der Waals surface area contributed by atoms with Gasteiger partial charge >= 0.3 is 0 Å². The van der Waals surface area contributed by atoms with Crippen LogP contribution in [0.5, 0.6) is 11.5 Å². The summed E-state index contributed by atoms with van der Waals surface area (Å²) in [6, 6.07) is 57.8. The molecule has 218 valence electrons. The van der Waals surface area contributed by atoms with E-state index in [0.717, 1.165) is 23.6 Å². The highest BCUT2D eigenvalue weighted by Crippen LogP contribution is 2.40. The quantitative estimate of drug-likeness (QED) is 0.0963. The van der Waals surface area contributed by atoms with Crippen LogP contribution >= 0.6 is 0 Å². The van der Waals surface area contributed by atoms with Crippen molar-refractivity contribution in [3.63, 3.8) is 0 Å². The molecule has 0 fully saturated rings. The van der Waals surface area contributed by atoms with Crippen LogP contribution in [-0.2, 0) is 0 Å². The molecule has 0 bridgehead atoms. The van der Waals surface area contributed by atoms with Gasteiger partial charge in [0.1, 0.15) is 11.5 Å². The number of hydrogen-bond acceptors (Lipinski definition) is 2. The highest BCUT2D eigenvalue weighted by molar-refractivity contribution is 6.29. The summed E-state index contributed by atoms with van der Waals surface area (Å²) in [7, 11) is -1.39. The molecule has 0 saturated heterocycles. The van der Waals surface area contributed by atoms with E-state index in [0.29, 0.717) is 0 Å². The monoisotopic (exact) mass is 606 g/mol. The van der Waals surface area contributed by atoms with Crippen molar-refractivity contribution < 1.29 is 8.85 Å². The van der Waals surface area contributed by atoms with Gasteiger partial charge in [-0.25, -0.2) is 0 Å². The van der Waals surface area contributed by atoms with Crippen LogP contribution in [-0.4, -0.2) is 19.5 Å². The van der Waals surface area contributed by atoms with Gasteiger partial charge in [0.2, 0.25) is 19.5 Å². The Labute approximate surface area is 266 Å². The highest BCUT2D eigenvalue weighted by Gasteiger charge is 2.15. The lowest BCUT2D eigenvalue weighted by atomic mass is 9.94. The summed E-state index contributed by atoms with van der Waals surface area (Å²) in [4.78, 5) is 0. The van der Waals surface area contributed by atoms with Crippen LogP contribution < -0.4 is 8.85 Å². The largest absolute Gasteiger partial charge is 0.549 e. The Morgan fingerprint density at radius 1 is 0.341 bits per heavy atom. The van der Waals surface area contributed by atoms with E-state index < -0.39 is 19.5 Å². The Hall–Kier alpha value is -4.65. The molecule has 0 aromatic heterocycles. The molecule has 0 N–H and O–H groups in total. The van der Waals surface area contributed by atoms with Crippen LogP contribution in [0.1, 0.15) is 12.8 Å². The van der Waals surface area contributed by atoms with Crippen LogP contribution in [0.4, 0.5) is 0 Å². The van der Waals surface area contributed by atoms with Crippen molar-refractivity contribution >= 4 is 19.5 Å². The second-order valence-electron chi connectivity index (χ2n) is 10.9. The van der Waals surface area contributed by atoms with Gasteiger partial charge in [-0.05, 0) is 57.6 Å². The van der Waals surface area contributed by atoms with Crippen LogP contribution in [0.3, 0.4) is 0 Å². The van der Waals surface area contributed by atoms with E-state index in [1.807, 2.05) is 0 Å². The first-order chi connectivity index (χ1) is 21.9. The molecular formula is C40H38O2Si2. The van der Waals surface area contributed by atoms with Gasteiger partial charge < -0.3 is 8.85 Å². The number of hydrogen-bond donors (Lipinski definition) is 0. The molecule has 6 aromatic rings. The summed E-state index contributed by atoms with van der Waals surface area (Å²) in [6.07, 6.45) is 2.38. The van der Waals surface area contributed by atoms with Crippen molar-refractivity contribution in [1.82, 2.24) is 0 Å². The second kappa shape index (κ2) is 15.2. The van der Waals surface area contributed by atoms with Gasteiger partial charge in [-0.15, -0.1) is 0 Å². The molecule has 0 spiro atoms. The van der Waals surface area contributed by atoms with Crippen LogP contribution in [0.25, 0.3) is 44.5 Å². The van der Waals surface area contributed by atoms with Gasteiger partial charge in [-0.1, -0.05) is 158 Å². The second-order valence-corrected chi connectivity index (χ2v) is 13.7. The number of unbranched alkanes of at least 4 members (excludes halogenated alkanes) is 1. The Morgan fingerprint density at radius 2 is 0.682 bits per heavy atom. The zero-order valence-corrected chi connectivity index (χ0v) is 27.9. The Bertz CT molecular complexity index is 1610. The summed E-state index contributed by atoms with van der Waals surface area (Å²) in [5.74, 6) is 2.02. The van der Waals surface area contributed by atoms with Gasteiger partial charge in [-0.2, -0.15) is 0 Å². The summed E-state index contributed by atoms with van der Waals surface area (Å²) < 4.78 is 13.1. The zero-order chi connectivity index (χ0) is 29.8. The predicted molar refractivity (Wildman–Crippen MR) is 192 cm³/mol. The first kappa shape index (κ1) is 29.4. The van der Waals surface area contributed by atoms with E-state index in [1.165, 1.54) is 57.3 Å². The summed E-state index contributed by atoms with van der Waals surface area (Å²) in [5, 5.41) is 0. The average Bonchev–Trinajstić information content (AvgIpc) is 3.10. The van der Waals surface area contributed by atoms with Crippen molar-refractivity contribution in [2.24, 2.45) is 0 Å². The maximum atomic E-state index is 6.57. The van der Waals surface area contributed by atoms with E-state index >= 15 is 0 Å². The Balaban J connectivity index is 1.05. The lowest BCUT2D eigenvalue weighted by molar-refractivity contribution is 0.581. The molecule has 0 aliphatic carbocycles. The zero-order valence-electron chi connectivity index (χ0n) is 25.1. The van der Waals surface area contributed by atoms with Crippen molar-refractivity contribution in [3.05, 3.63) is 158 Å². The van der Waals surface area contributed by atoms with Crippen LogP contribution in [0, 0.1) is 0 Å². The minimum Gasteiger partial charge on any atom is -0.549 e. The molecule has 0 aliphatic heterocycles. The molecule has 0 radical (unpaired) electrons. The molecule has 44 heavy (non-hydrogen) atoms. The molecule has 2 nitrogen and oxygen atoms in total. The van der Waals surface area contributed by atoms with Crippen molar-refractivity contribution in [1.29, 1.82) is 0 Å². The average molecular weight is 607 g/mol. The maximum absolute atomic E-state index is 6.57. The fourth-order valence-electron chi connectivity index (χ4n) is 5.75. The van der Waals surface area contributed by atoms with E-state index in [-0.39, 0.29) is 0 Å². The van der Waals surface area contributed by atoms with Crippen molar-refractivity contribution in [2.75, 3.05) is 0 Å². The van der Waals surface area contributed by atoms with Crippen LogP contribution in [0.15, 0.2) is 158 Å². The van der Waals surface area contributed by atoms with Gasteiger partial charge in [0.25, 0.3) is 0 Å². The summed E-state index contributed by atoms with van der Waals surface area (Å²) >= 11 is 0. The molecule has 0 amide bonds. The maximum Gasteiger partial charge on any atom is 0.219 e. The summed E-state index contributed by atoms with van der Waals surface area (Å²) in [6.45, 7) is 0. The minimum absolute atomic E-state index is 0.696. The Kier molecular flexibility index (Phi) is 10.2. The molecule has 0 saturated carbocycles. The predicted octanol–water partition coefficient (Wildman–Crippen LogP) is 9.60. The number of rotatable bonds is 13. The van der Waals surface area contributed by atoms with E-state index in [1.54, 1.807) is 0 Å². The van der Waals surface area contributed by atoms with Gasteiger partial charge in [0, 0.05) is 11.1 Å². The molecule has 0 aliphatic rings. The third-order valence-corrected chi connectivity index (χ3v) is 10.5. The lowest BCUT2D eigenvalue weighted by Crippen LogP contribution is -2.05. The van der Waals surface area contributed by atoms with E-state index in [2.05, 4.69) is 158 Å². The lowest BCUT2D eigenvalue weighted by Gasteiger charge is -2.17. The van der Waals surface area contributed by atoms with Crippen LogP contribution in [0.2, 0.25) is 12.1 Å². The third kappa shape index (κ3) is 7.28. The summed E-state index contributed by atoms with van der Waals surface area (Å²) in [5.41, 5.74) is 9.66. The third-order valence-electron chi connectivity index (χ3n) is 7.90. The Morgan fingerprint density at radius 3 is 1.05 bits per heavy atom. The topological polar surface area (TPSA) is 18.5 Å². The standard InChI is InChI=1S/C40H38O2Si2/c1-5-17-31(18-6-1)35-25-15-27-37(39(35)33-21-9-3-10-22-33)41-43-29-13-14-30-44-42-38-28-16-26-36(32-19-7-2-8-20-32)40(38)34-23-11-4-12-24-34/h1-12,15-28H,13-14,29-30,43-44H2. The van der Waals surface area contributed by atoms with E-state index in [4.69, 9.17) is 8.85 Å². The van der Waals surface area contributed by atoms with E-state index in [9.17, 15) is 0 Å². The minimum atomic E-state index is -0.696. The number of benzene rings is 6. The molecule has 0 unspecified atom stereocenters. The van der Waals surface area contributed by atoms with Crippen molar-refractivity contribution in [2.45, 2.75) is 24.9 Å². The SMILES string of the molecule is c1ccc(-c2cccc(O[SiH2]CCCC[SiH2]Oc3cccc(-c4ccccc4)c3-c3ccccc3)c2-c2ccccc2)cc1. The van der Waals surface area contributed by atoms with Gasteiger partial charge in [0.15, 0.2) is 0 Å². The first-order valence-electron chi connectivity index (χ1n) is 15.6. The van der Waals surface area contributed by atoms with Gasteiger partial charge in [0.05, 0.1) is 0 Å². The highest BCUT2D eigenvalue weighted by atomic mass is 28.2. The molecule has 6 rings (SSSR count). The molecule has 6 aromatic carbocycles. The first-order valence-corrected chi connectivity index (χ1v) is 18.8. The fourth-order valence-corrected chi connectivity index (χ4v) is 8.07. The smallest absolute Gasteiger partial charge is 0.219 e. The molecule has 4 heteroatoms.